The summed E-state index contributed by atoms with van der Waals surface area (Å²) in [5.41, 5.74) is 4.65. The molecule has 7 heteroatoms. The fourth-order valence-electron chi connectivity index (χ4n) is 4.04. The Morgan fingerprint density at radius 3 is 2.87 bits per heavy atom. The lowest BCUT2D eigenvalue weighted by atomic mass is 10.1. The molecule has 4 heterocycles. The van der Waals surface area contributed by atoms with Gasteiger partial charge < -0.3 is 10.3 Å². The van der Waals surface area contributed by atoms with E-state index in [0.29, 0.717) is 11.5 Å². The smallest absolute Gasteiger partial charge is 0.148 e. The number of hydrogen-bond acceptors (Lipinski definition) is 6. The first-order valence-electron chi connectivity index (χ1n) is 10.0. The van der Waals surface area contributed by atoms with Crippen LogP contribution in [0.2, 0.25) is 0 Å². The molecule has 30 heavy (non-hydrogen) atoms. The Bertz CT molecular complexity index is 1190. The number of nitrogens with zero attached hydrogens (tertiary/aromatic N) is 5. The van der Waals surface area contributed by atoms with Gasteiger partial charge in [-0.05, 0) is 60.7 Å². The second kappa shape index (κ2) is 7.93. The molecule has 7 nitrogen and oxygen atoms in total. The highest BCUT2D eigenvalue weighted by molar-refractivity contribution is 5.79. The van der Waals surface area contributed by atoms with Crippen molar-refractivity contribution in [2.24, 2.45) is 0 Å². The van der Waals surface area contributed by atoms with Crippen LogP contribution in [0.3, 0.4) is 0 Å². The molecule has 1 aliphatic heterocycles. The predicted octanol–water partition coefficient (Wildman–Crippen LogP) is 4.31. The van der Waals surface area contributed by atoms with Crippen LogP contribution in [-0.4, -0.2) is 31.4 Å². The molecule has 0 spiro atoms. The Balaban J connectivity index is 1.28. The molecule has 148 valence electrons. The molecule has 0 unspecified atom stereocenters. The van der Waals surface area contributed by atoms with Crippen molar-refractivity contribution in [1.82, 2.24) is 24.8 Å². The number of rotatable bonds is 5. The quantitative estimate of drug-likeness (QED) is 0.523. The largest absolute Gasteiger partial charge is 0.361 e. The summed E-state index contributed by atoms with van der Waals surface area (Å²) >= 11 is 0. The minimum atomic E-state index is 0.282. The highest BCUT2D eigenvalue weighted by Gasteiger charge is 2.27. The van der Waals surface area contributed by atoms with Crippen molar-refractivity contribution in [3.8, 4) is 6.07 Å². The van der Waals surface area contributed by atoms with Crippen molar-refractivity contribution in [1.29, 1.82) is 5.26 Å². The van der Waals surface area contributed by atoms with Gasteiger partial charge in [0.1, 0.15) is 17.6 Å². The van der Waals surface area contributed by atoms with Gasteiger partial charge in [-0.25, -0.2) is 9.97 Å². The van der Waals surface area contributed by atoms with Crippen LogP contribution in [0.15, 0.2) is 61.2 Å². The van der Waals surface area contributed by atoms with Crippen molar-refractivity contribution < 1.29 is 0 Å². The average molecular weight is 395 g/mol. The summed E-state index contributed by atoms with van der Waals surface area (Å²) in [5, 5.41) is 13.3. The maximum absolute atomic E-state index is 8.84. The number of aromatic nitrogens is 4. The van der Waals surface area contributed by atoms with E-state index in [9.17, 15) is 0 Å². The Hall–Kier alpha value is -3.76. The number of hydrogen-bond donors (Lipinski definition) is 2. The summed E-state index contributed by atoms with van der Waals surface area (Å²) in [6.45, 7) is 1.97. The summed E-state index contributed by atoms with van der Waals surface area (Å²) in [7, 11) is 0. The number of aromatic amines is 1. The maximum Gasteiger partial charge on any atom is 0.148 e. The minimum absolute atomic E-state index is 0.282. The van der Waals surface area contributed by atoms with E-state index in [1.807, 2.05) is 18.5 Å². The first-order chi connectivity index (χ1) is 14.8. The van der Waals surface area contributed by atoms with Crippen LogP contribution < -0.4 is 5.32 Å². The van der Waals surface area contributed by atoms with Crippen LogP contribution in [0.1, 0.15) is 35.8 Å². The van der Waals surface area contributed by atoms with Crippen molar-refractivity contribution in [2.45, 2.75) is 25.4 Å². The Kier molecular flexibility index (Phi) is 4.83. The second-order valence-electron chi connectivity index (χ2n) is 7.52. The van der Waals surface area contributed by atoms with Gasteiger partial charge in [-0.1, -0.05) is 6.07 Å². The van der Waals surface area contributed by atoms with E-state index in [1.165, 1.54) is 16.5 Å². The molecule has 5 rings (SSSR count). The average Bonchev–Trinajstić information content (AvgIpc) is 3.44. The van der Waals surface area contributed by atoms with Gasteiger partial charge in [0, 0.05) is 18.3 Å². The normalized spacial score (nSPS) is 16.6. The number of benzene rings is 1. The number of likely N-dealkylation sites (tertiary alicyclic amines) is 1. The van der Waals surface area contributed by atoms with Gasteiger partial charge in [0.2, 0.25) is 0 Å². The number of fused-ring (bicyclic) bond motifs is 1. The van der Waals surface area contributed by atoms with Gasteiger partial charge in [-0.3, -0.25) is 9.88 Å². The molecule has 4 aromatic rings. The Morgan fingerprint density at radius 1 is 1.10 bits per heavy atom. The molecule has 0 amide bonds. The molecule has 2 N–H and O–H groups in total. The van der Waals surface area contributed by atoms with Gasteiger partial charge >= 0.3 is 0 Å². The standard InChI is InChI=1S/C23H21N7/c24-11-18-4-5-19(12-26-18)29-23-14-27-21(13-28-23)22-2-1-9-30(22)15-16-3-6-20-17(10-16)7-8-25-20/h3-8,10,12-14,22,25H,1-2,9,15H2,(H,28,29)/t22-/m0/s1. The molecule has 0 radical (unpaired) electrons. The molecule has 1 fully saturated rings. The first kappa shape index (κ1) is 18.3. The fourth-order valence-corrected chi connectivity index (χ4v) is 4.04. The van der Waals surface area contributed by atoms with Crippen molar-refractivity contribution >= 4 is 22.4 Å². The molecular formula is C23H21N7. The fraction of sp³-hybridized carbons (Fsp3) is 0.217. The van der Waals surface area contributed by atoms with Crippen molar-refractivity contribution in [3.63, 3.8) is 0 Å². The molecule has 0 aliphatic carbocycles. The molecular weight excluding hydrogens is 374 g/mol. The summed E-state index contributed by atoms with van der Waals surface area (Å²) in [6, 6.07) is 14.5. The number of nitriles is 1. The molecule has 1 aliphatic rings. The van der Waals surface area contributed by atoms with E-state index >= 15 is 0 Å². The second-order valence-corrected chi connectivity index (χ2v) is 7.52. The maximum atomic E-state index is 8.84. The van der Waals surface area contributed by atoms with Crippen LogP contribution in [0.25, 0.3) is 10.9 Å². The van der Waals surface area contributed by atoms with Crippen LogP contribution in [0.5, 0.6) is 0 Å². The zero-order chi connectivity index (χ0) is 20.3. The van der Waals surface area contributed by atoms with Gasteiger partial charge in [-0.15, -0.1) is 0 Å². The first-order valence-corrected chi connectivity index (χ1v) is 10.0. The third-order valence-electron chi connectivity index (χ3n) is 5.53. The molecule has 0 bridgehead atoms. The van der Waals surface area contributed by atoms with E-state index in [2.05, 4.69) is 54.4 Å². The minimum Gasteiger partial charge on any atom is -0.361 e. The van der Waals surface area contributed by atoms with Crippen LogP contribution in [0.4, 0.5) is 11.5 Å². The summed E-state index contributed by atoms with van der Waals surface area (Å²) in [5.74, 6) is 0.660. The van der Waals surface area contributed by atoms with E-state index in [4.69, 9.17) is 5.26 Å². The van der Waals surface area contributed by atoms with Crippen LogP contribution in [-0.2, 0) is 6.54 Å². The molecule has 0 saturated carbocycles. The van der Waals surface area contributed by atoms with Crippen LogP contribution in [0, 0.1) is 11.3 Å². The number of pyridine rings is 1. The van der Waals surface area contributed by atoms with Gasteiger partial charge in [0.05, 0.1) is 36.0 Å². The van der Waals surface area contributed by atoms with Gasteiger partial charge in [0.15, 0.2) is 0 Å². The lowest BCUT2D eigenvalue weighted by molar-refractivity contribution is 0.244. The third-order valence-corrected chi connectivity index (χ3v) is 5.53. The van der Waals surface area contributed by atoms with E-state index in [0.717, 1.165) is 37.3 Å². The molecule has 3 aromatic heterocycles. The van der Waals surface area contributed by atoms with Gasteiger partial charge in [0.25, 0.3) is 0 Å². The summed E-state index contributed by atoms with van der Waals surface area (Å²) in [6.07, 6.45) is 9.47. The highest BCUT2D eigenvalue weighted by atomic mass is 15.2. The van der Waals surface area contributed by atoms with Crippen molar-refractivity contribution in [3.05, 3.63) is 78.1 Å². The summed E-state index contributed by atoms with van der Waals surface area (Å²) in [4.78, 5) is 19.0. The predicted molar refractivity (Wildman–Crippen MR) is 115 cm³/mol. The zero-order valence-electron chi connectivity index (χ0n) is 16.4. The van der Waals surface area contributed by atoms with Crippen LogP contribution >= 0.6 is 0 Å². The molecule has 1 saturated heterocycles. The molecule has 1 aromatic carbocycles. The van der Waals surface area contributed by atoms with E-state index < -0.39 is 0 Å². The lowest BCUT2D eigenvalue weighted by Gasteiger charge is -2.24. The van der Waals surface area contributed by atoms with Gasteiger partial charge in [-0.2, -0.15) is 5.26 Å². The zero-order valence-corrected chi connectivity index (χ0v) is 16.4. The number of anilines is 2. The number of H-pyrrole nitrogens is 1. The lowest BCUT2D eigenvalue weighted by Crippen LogP contribution is -2.23. The van der Waals surface area contributed by atoms with E-state index in [1.54, 1.807) is 24.5 Å². The number of nitrogens with one attached hydrogen (secondary N) is 2. The van der Waals surface area contributed by atoms with E-state index in [-0.39, 0.29) is 6.04 Å². The topological polar surface area (TPSA) is 93.5 Å². The summed E-state index contributed by atoms with van der Waals surface area (Å²) < 4.78 is 0. The highest BCUT2D eigenvalue weighted by Crippen LogP contribution is 2.32. The SMILES string of the molecule is N#Cc1ccc(Nc2cnc([C@@H]3CCCN3Cc3ccc4[nH]ccc4c3)cn2)cn1. The Morgan fingerprint density at radius 2 is 2.07 bits per heavy atom. The van der Waals surface area contributed by atoms with Crippen molar-refractivity contribution in [2.75, 3.05) is 11.9 Å². The third kappa shape index (κ3) is 3.73. The Labute approximate surface area is 174 Å². The monoisotopic (exact) mass is 395 g/mol. The molecule has 1 atom stereocenters.